The van der Waals surface area contributed by atoms with Gasteiger partial charge in [-0.25, -0.2) is 4.39 Å². The quantitative estimate of drug-likeness (QED) is 0.794. The van der Waals surface area contributed by atoms with E-state index in [1.54, 1.807) is 18.2 Å². The molecular formula is C15H12BrFO3. The molecule has 0 aliphatic heterocycles. The van der Waals surface area contributed by atoms with Crippen LogP contribution in [0.15, 0.2) is 40.9 Å². The SMILES string of the molecule is COc1cc(OC)cc(C(=O)c2cc(F)ccc2Br)c1. The van der Waals surface area contributed by atoms with Gasteiger partial charge in [-0.2, -0.15) is 0 Å². The van der Waals surface area contributed by atoms with E-state index >= 15 is 0 Å². The van der Waals surface area contributed by atoms with Crippen molar-refractivity contribution in [3.05, 3.63) is 57.8 Å². The van der Waals surface area contributed by atoms with Gasteiger partial charge in [-0.05, 0) is 30.3 Å². The van der Waals surface area contributed by atoms with Crippen LogP contribution in [0.5, 0.6) is 11.5 Å². The minimum absolute atomic E-state index is 0.250. The molecule has 0 aliphatic carbocycles. The first-order valence-corrected chi connectivity index (χ1v) is 6.57. The number of methoxy groups -OCH3 is 2. The zero-order chi connectivity index (χ0) is 14.7. The highest BCUT2D eigenvalue weighted by molar-refractivity contribution is 9.10. The van der Waals surface area contributed by atoms with Crippen LogP contribution in [0.2, 0.25) is 0 Å². The van der Waals surface area contributed by atoms with Crippen LogP contribution in [0.3, 0.4) is 0 Å². The predicted molar refractivity (Wildman–Crippen MR) is 77.1 cm³/mol. The van der Waals surface area contributed by atoms with Gasteiger partial charge in [0.25, 0.3) is 0 Å². The highest BCUT2D eigenvalue weighted by Crippen LogP contribution is 2.27. The van der Waals surface area contributed by atoms with Gasteiger partial charge in [-0.15, -0.1) is 0 Å². The molecule has 0 atom stereocenters. The molecular weight excluding hydrogens is 327 g/mol. The van der Waals surface area contributed by atoms with Crippen LogP contribution in [0.1, 0.15) is 15.9 Å². The Kier molecular flexibility index (Phi) is 4.39. The Morgan fingerprint density at radius 3 is 2.20 bits per heavy atom. The molecule has 20 heavy (non-hydrogen) atoms. The normalized spacial score (nSPS) is 10.2. The average Bonchev–Trinajstić information content (AvgIpc) is 2.48. The van der Waals surface area contributed by atoms with Crippen LogP contribution >= 0.6 is 15.9 Å². The second-order valence-electron chi connectivity index (χ2n) is 4.05. The smallest absolute Gasteiger partial charge is 0.194 e. The van der Waals surface area contributed by atoms with Crippen molar-refractivity contribution >= 4 is 21.7 Å². The summed E-state index contributed by atoms with van der Waals surface area (Å²) in [6, 6.07) is 8.81. The summed E-state index contributed by atoms with van der Waals surface area (Å²) in [7, 11) is 3.00. The lowest BCUT2D eigenvalue weighted by Crippen LogP contribution is -2.04. The average molecular weight is 339 g/mol. The molecule has 5 heteroatoms. The third kappa shape index (κ3) is 2.99. The molecule has 0 spiro atoms. The van der Waals surface area contributed by atoms with Crippen molar-refractivity contribution in [1.29, 1.82) is 0 Å². The molecule has 0 radical (unpaired) electrons. The molecule has 3 nitrogen and oxygen atoms in total. The van der Waals surface area contributed by atoms with Crippen molar-refractivity contribution in [3.8, 4) is 11.5 Å². The summed E-state index contributed by atoms with van der Waals surface area (Å²) in [6.07, 6.45) is 0. The molecule has 2 rings (SSSR count). The van der Waals surface area contributed by atoms with E-state index in [0.29, 0.717) is 21.5 Å². The fourth-order valence-electron chi connectivity index (χ4n) is 1.77. The molecule has 2 aromatic carbocycles. The summed E-state index contributed by atoms with van der Waals surface area (Å²) in [5.41, 5.74) is 0.618. The van der Waals surface area contributed by atoms with Crippen LogP contribution in [0.4, 0.5) is 4.39 Å². The molecule has 2 aromatic rings. The van der Waals surface area contributed by atoms with Crippen molar-refractivity contribution in [3.63, 3.8) is 0 Å². The van der Waals surface area contributed by atoms with E-state index in [1.165, 1.54) is 32.4 Å². The molecule has 0 amide bonds. The van der Waals surface area contributed by atoms with Crippen LogP contribution in [0, 0.1) is 5.82 Å². The molecule has 0 aliphatic rings. The molecule has 0 saturated carbocycles. The fourth-order valence-corrected chi connectivity index (χ4v) is 2.19. The minimum Gasteiger partial charge on any atom is -0.497 e. The molecule has 0 aromatic heterocycles. The lowest BCUT2D eigenvalue weighted by atomic mass is 10.0. The van der Waals surface area contributed by atoms with Gasteiger partial charge in [0.1, 0.15) is 17.3 Å². The maximum absolute atomic E-state index is 13.3. The number of carbonyl (C=O) groups excluding carboxylic acids is 1. The molecule has 0 bridgehead atoms. The summed E-state index contributed by atoms with van der Waals surface area (Å²) in [5.74, 6) is 0.223. The predicted octanol–water partition coefficient (Wildman–Crippen LogP) is 3.84. The first-order valence-electron chi connectivity index (χ1n) is 5.78. The van der Waals surface area contributed by atoms with Crippen LogP contribution in [-0.4, -0.2) is 20.0 Å². The van der Waals surface area contributed by atoms with Gasteiger partial charge in [-0.3, -0.25) is 4.79 Å². The summed E-state index contributed by atoms with van der Waals surface area (Å²) in [5, 5.41) is 0. The number of rotatable bonds is 4. The second-order valence-corrected chi connectivity index (χ2v) is 4.91. The lowest BCUT2D eigenvalue weighted by molar-refractivity contribution is 0.103. The molecule has 0 saturated heterocycles. The largest absolute Gasteiger partial charge is 0.497 e. The molecule has 0 unspecified atom stereocenters. The van der Waals surface area contributed by atoms with Crippen molar-refractivity contribution in [2.45, 2.75) is 0 Å². The Labute approximate surface area is 124 Å². The number of ether oxygens (including phenoxy) is 2. The third-order valence-corrected chi connectivity index (χ3v) is 3.48. The molecule has 0 heterocycles. The van der Waals surface area contributed by atoms with E-state index in [2.05, 4.69) is 15.9 Å². The van der Waals surface area contributed by atoms with Crippen molar-refractivity contribution in [2.24, 2.45) is 0 Å². The number of carbonyl (C=O) groups is 1. The Bertz CT molecular complexity index is 633. The van der Waals surface area contributed by atoms with E-state index in [9.17, 15) is 9.18 Å². The zero-order valence-electron chi connectivity index (χ0n) is 10.9. The van der Waals surface area contributed by atoms with E-state index in [1.807, 2.05) is 0 Å². The van der Waals surface area contributed by atoms with Crippen LogP contribution in [0.25, 0.3) is 0 Å². The van der Waals surface area contributed by atoms with Gasteiger partial charge in [0.2, 0.25) is 0 Å². The molecule has 0 fully saturated rings. The standard InChI is InChI=1S/C15H12BrFO3/c1-19-11-5-9(6-12(8-11)20-2)15(18)13-7-10(17)3-4-14(13)16/h3-8H,1-2H3. The fraction of sp³-hybridized carbons (Fsp3) is 0.133. The summed E-state index contributed by atoms with van der Waals surface area (Å²) in [4.78, 5) is 12.4. The highest BCUT2D eigenvalue weighted by atomic mass is 79.9. The topological polar surface area (TPSA) is 35.5 Å². The monoisotopic (exact) mass is 338 g/mol. The number of hydrogen-bond donors (Lipinski definition) is 0. The first-order chi connectivity index (χ1) is 9.55. The van der Waals surface area contributed by atoms with Crippen LogP contribution in [-0.2, 0) is 0 Å². The van der Waals surface area contributed by atoms with Gasteiger partial charge in [0.15, 0.2) is 5.78 Å². The number of benzene rings is 2. The van der Waals surface area contributed by atoms with E-state index in [0.717, 1.165) is 0 Å². The van der Waals surface area contributed by atoms with Crippen molar-refractivity contribution in [1.82, 2.24) is 0 Å². The van der Waals surface area contributed by atoms with Crippen LogP contribution < -0.4 is 9.47 Å². The third-order valence-electron chi connectivity index (χ3n) is 2.79. The Morgan fingerprint density at radius 2 is 1.65 bits per heavy atom. The lowest BCUT2D eigenvalue weighted by Gasteiger charge is -2.09. The summed E-state index contributed by atoms with van der Waals surface area (Å²) >= 11 is 3.25. The summed E-state index contributed by atoms with van der Waals surface area (Å²) in [6.45, 7) is 0. The van der Waals surface area contributed by atoms with Crippen molar-refractivity contribution < 1.29 is 18.7 Å². The zero-order valence-corrected chi connectivity index (χ0v) is 12.5. The Hall–Kier alpha value is -1.88. The summed E-state index contributed by atoms with van der Waals surface area (Å²) < 4.78 is 24.1. The van der Waals surface area contributed by atoms with E-state index < -0.39 is 5.82 Å². The van der Waals surface area contributed by atoms with Gasteiger partial charge in [-0.1, -0.05) is 15.9 Å². The van der Waals surface area contributed by atoms with Crippen molar-refractivity contribution in [2.75, 3.05) is 14.2 Å². The number of hydrogen-bond acceptors (Lipinski definition) is 3. The number of halogens is 2. The van der Waals surface area contributed by atoms with Gasteiger partial charge in [0.05, 0.1) is 14.2 Å². The highest BCUT2D eigenvalue weighted by Gasteiger charge is 2.15. The maximum Gasteiger partial charge on any atom is 0.194 e. The first kappa shape index (κ1) is 14.5. The van der Waals surface area contributed by atoms with E-state index in [-0.39, 0.29) is 11.3 Å². The minimum atomic E-state index is -0.466. The Balaban J connectivity index is 2.50. The van der Waals surface area contributed by atoms with Gasteiger partial charge >= 0.3 is 0 Å². The maximum atomic E-state index is 13.3. The van der Waals surface area contributed by atoms with E-state index in [4.69, 9.17) is 9.47 Å². The second kappa shape index (κ2) is 6.05. The molecule has 0 N–H and O–H groups in total. The molecule has 104 valence electrons. The Morgan fingerprint density at radius 1 is 1.05 bits per heavy atom. The van der Waals surface area contributed by atoms with Gasteiger partial charge in [0, 0.05) is 21.7 Å². The number of ketones is 1. The van der Waals surface area contributed by atoms with Gasteiger partial charge < -0.3 is 9.47 Å².